The third kappa shape index (κ3) is 26.5. The van der Waals surface area contributed by atoms with Crippen LogP contribution < -0.4 is 82.7 Å². The third-order valence-electron chi connectivity index (χ3n) is 11.7. The van der Waals surface area contributed by atoms with Crippen LogP contribution in [0.5, 0.6) is 0 Å². The van der Waals surface area contributed by atoms with Crippen molar-refractivity contribution in [1.82, 2.24) is 42.5 Å². The first-order valence-corrected chi connectivity index (χ1v) is 26.8. The van der Waals surface area contributed by atoms with Gasteiger partial charge in [0, 0.05) is 43.3 Å². The number of benzene rings is 1. The molecule has 0 fully saturated rings. The lowest BCUT2D eigenvalue weighted by Crippen LogP contribution is -2.62. The molecule has 8 amide bonds. The summed E-state index contributed by atoms with van der Waals surface area (Å²) in [7, 11) is 0. The van der Waals surface area contributed by atoms with Crippen molar-refractivity contribution in [2.45, 2.75) is 133 Å². The molecule has 0 aliphatic heterocycles. The molecule has 0 radical (unpaired) electrons. The van der Waals surface area contributed by atoms with Crippen LogP contribution in [0.3, 0.4) is 0 Å². The van der Waals surface area contributed by atoms with Crippen LogP contribution in [0.25, 0.3) is 0 Å². The Hall–Kier alpha value is -6.77. The summed E-state index contributed by atoms with van der Waals surface area (Å²) < 4.78 is 0. The van der Waals surface area contributed by atoms with E-state index in [-0.39, 0.29) is 93.3 Å². The molecule has 0 bridgehead atoms. The highest BCUT2D eigenvalue weighted by Crippen LogP contribution is 2.12. The average Bonchev–Trinajstić information content (AvgIpc) is 3.38. The number of thiol groups is 3. The Labute approximate surface area is 469 Å². The lowest BCUT2D eigenvalue weighted by molar-refractivity contribution is -0.141. The Morgan fingerprint density at radius 2 is 0.859 bits per heavy atom. The molecular formula is C46H80N18O11S3. The maximum absolute atomic E-state index is 14.3. The fraction of sp³-hybridized carbons (Fsp3) is 0.609. The molecule has 0 unspecified atom stereocenters. The first-order chi connectivity index (χ1) is 36.8. The number of nitrogens with zero attached hydrogens (tertiary/aromatic N) is 3. The first kappa shape index (κ1) is 69.2. The van der Waals surface area contributed by atoms with Gasteiger partial charge >= 0.3 is 5.97 Å². The highest BCUT2D eigenvalue weighted by Gasteiger charge is 2.36. The second-order valence-corrected chi connectivity index (χ2v) is 19.1. The third-order valence-corrected chi connectivity index (χ3v) is 12.8. The van der Waals surface area contributed by atoms with Gasteiger partial charge in [-0.25, -0.2) is 4.79 Å². The van der Waals surface area contributed by atoms with Gasteiger partial charge in [-0.15, -0.1) is 0 Å². The SMILES string of the molecule is CC[C@H](C)[C@H](NC(=O)[C@H](CS)NC(=O)[C@@H](N)CCCN=C(N)N)C(=O)N[C@@H](CS)C(=O)N[C@H](C(=O)N[C@@H](CCCN=C(N)N)C(=O)N[C@@H](CCCN=C(N)N)C(=O)N[C@@H](Cc1ccccc1)C(=O)N[C@@H](CS)C(=O)O)[C@@H](C)O. The van der Waals surface area contributed by atoms with Gasteiger partial charge in [-0.3, -0.25) is 53.3 Å². The van der Waals surface area contributed by atoms with Crippen molar-refractivity contribution in [2.24, 2.45) is 61.0 Å². The zero-order valence-electron chi connectivity index (χ0n) is 43.9. The van der Waals surface area contributed by atoms with Crippen molar-refractivity contribution >= 4 is 109 Å². The molecule has 0 saturated heterocycles. The molecule has 1 aromatic rings. The Bertz CT molecular complexity index is 2220. The van der Waals surface area contributed by atoms with Gasteiger partial charge in [0.15, 0.2) is 17.9 Å². The van der Waals surface area contributed by atoms with Gasteiger partial charge < -0.3 is 92.9 Å². The van der Waals surface area contributed by atoms with Gasteiger partial charge in [-0.1, -0.05) is 50.6 Å². The average molecular weight is 1160 g/mol. The number of amides is 8. The second-order valence-electron chi connectivity index (χ2n) is 18.0. The predicted octanol–water partition coefficient (Wildman–Crippen LogP) is -6.10. The number of nitrogens with one attached hydrogen (secondary N) is 8. The molecule has 0 aliphatic carbocycles. The van der Waals surface area contributed by atoms with E-state index in [1.165, 1.54) is 6.92 Å². The molecule has 29 nitrogen and oxygen atoms in total. The summed E-state index contributed by atoms with van der Waals surface area (Å²) in [5.41, 5.74) is 39.2. The zero-order chi connectivity index (χ0) is 59.1. The van der Waals surface area contributed by atoms with Gasteiger partial charge in [0.25, 0.3) is 0 Å². The molecule has 78 heavy (non-hydrogen) atoms. The van der Waals surface area contributed by atoms with Crippen LogP contribution in [0.4, 0.5) is 0 Å². The van der Waals surface area contributed by atoms with E-state index in [2.05, 4.69) is 95.4 Å². The van der Waals surface area contributed by atoms with Crippen LogP contribution in [-0.2, 0) is 49.6 Å². The highest BCUT2D eigenvalue weighted by atomic mass is 32.1. The van der Waals surface area contributed by atoms with Crippen LogP contribution in [-0.4, -0.2) is 179 Å². The van der Waals surface area contributed by atoms with Gasteiger partial charge in [-0.2, -0.15) is 37.9 Å². The number of rotatable bonds is 37. The summed E-state index contributed by atoms with van der Waals surface area (Å²) in [5.74, 6) is -10.5. The number of nitrogens with two attached hydrogens (primary N) is 7. The van der Waals surface area contributed by atoms with Crippen molar-refractivity contribution in [3.63, 3.8) is 0 Å². The maximum Gasteiger partial charge on any atom is 0.327 e. The molecular weight excluding hydrogens is 1080 g/mol. The summed E-state index contributed by atoms with van der Waals surface area (Å²) in [4.78, 5) is 133. The van der Waals surface area contributed by atoms with E-state index in [4.69, 9.17) is 40.1 Å². The topological polar surface area (TPSA) is 510 Å². The number of carboxylic acids is 1. The Balaban J connectivity index is 3.46. The normalized spacial score (nSPS) is 15.1. The molecule has 24 N–H and O–H groups in total. The zero-order valence-corrected chi connectivity index (χ0v) is 46.6. The van der Waals surface area contributed by atoms with Crippen molar-refractivity contribution in [3.8, 4) is 0 Å². The number of hydrogen-bond acceptors (Lipinski definition) is 17. The van der Waals surface area contributed by atoms with E-state index < -0.39 is 120 Å². The second kappa shape index (κ2) is 37.1. The minimum absolute atomic E-state index is 0.00408. The summed E-state index contributed by atoms with van der Waals surface area (Å²) in [6, 6.07) is -4.05. The molecule has 1 rings (SSSR count). The van der Waals surface area contributed by atoms with Gasteiger partial charge in [0.1, 0.15) is 48.3 Å². The van der Waals surface area contributed by atoms with E-state index in [0.717, 1.165) is 0 Å². The minimum Gasteiger partial charge on any atom is -0.480 e. The summed E-state index contributed by atoms with van der Waals surface area (Å²) >= 11 is 12.4. The van der Waals surface area contributed by atoms with Crippen LogP contribution >= 0.6 is 37.9 Å². The molecule has 438 valence electrons. The number of aliphatic imine (C=N–C) groups is 3. The molecule has 1 aromatic carbocycles. The summed E-state index contributed by atoms with van der Waals surface area (Å²) in [6.45, 7) is 4.78. The molecule has 32 heteroatoms. The molecule has 11 atom stereocenters. The lowest BCUT2D eigenvalue weighted by atomic mass is 9.97. The first-order valence-electron chi connectivity index (χ1n) is 24.9. The Kier molecular flexibility index (Phi) is 32.9. The van der Waals surface area contributed by atoms with Gasteiger partial charge in [-0.05, 0) is 56.9 Å². The number of carboxylic acid groups (broad SMARTS) is 1. The van der Waals surface area contributed by atoms with Crippen molar-refractivity contribution in [3.05, 3.63) is 35.9 Å². The number of aliphatic hydroxyl groups is 1. The van der Waals surface area contributed by atoms with Crippen LogP contribution in [0, 0.1) is 5.92 Å². The van der Waals surface area contributed by atoms with E-state index in [9.17, 15) is 53.4 Å². The molecule has 0 aliphatic rings. The van der Waals surface area contributed by atoms with E-state index >= 15 is 0 Å². The molecule has 0 saturated carbocycles. The van der Waals surface area contributed by atoms with Crippen molar-refractivity contribution in [2.75, 3.05) is 36.9 Å². The number of hydrogen-bond donors (Lipinski definition) is 20. The standard InChI is InChI=1S/C46H80N18O11S3/c1-4-23(2)33(63-39(70)30(20-76)60-35(66)26(47)13-8-16-54-44(48)49)41(72)61-31(21-77)40(71)64-34(24(3)65)42(73)58-28(15-10-18-56-46(52)53)36(67)57-27(14-9-17-55-45(50)51)37(68)59-29(19-25-11-6-5-7-12-25)38(69)62-32(22-78)43(74)75/h5-7,11-12,23-24,26-34,65,76-78H,4,8-10,13-22,47H2,1-3H3,(H,57,67)(H,58,73)(H,59,68)(H,60,66)(H,61,72)(H,62,69)(H,63,70)(H,64,71)(H,74,75)(H4,48,49,54)(H4,50,51,55)(H4,52,53,56)/t23-,24+,26-,27-,28-,29-,30-,31-,32-,33-,34-/m0/s1. The fourth-order valence-electron chi connectivity index (χ4n) is 7.06. The minimum atomic E-state index is -1.78. The van der Waals surface area contributed by atoms with E-state index in [1.807, 2.05) is 0 Å². The summed E-state index contributed by atoms with van der Waals surface area (Å²) in [5, 5.41) is 40.5. The largest absolute Gasteiger partial charge is 0.480 e. The van der Waals surface area contributed by atoms with Crippen LogP contribution in [0.2, 0.25) is 0 Å². The molecule has 0 heterocycles. The molecule has 0 spiro atoms. The lowest BCUT2D eigenvalue weighted by Gasteiger charge is -2.29. The Morgan fingerprint density at radius 1 is 0.500 bits per heavy atom. The van der Waals surface area contributed by atoms with Crippen molar-refractivity contribution in [1.29, 1.82) is 0 Å². The van der Waals surface area contributed by atoms with E-state index in [0.29, 0.717) is 18.4 Å². The van der Waals surface area contributed by atoms with Gasteiger partial charge in [0.05, 0.1) is 12.1 Å². The number of aliphatic hydroxyl groups excluding tert-OH is 1. The number of carbonyl (C=O) groups excluding carboxylic acids is 8. The predicted molar refractivity (Wildman–Crippen MR) is 304 cm³/mol. The van der Waals surface area contributed by atoms with Gasteiger partial charge in [0.2, 0.25) is 47.3 Å². The van der Waals surface area contributed by atoms with Crippen LogP contribution in [0.1, 0.15) is 71.3 Å². The highest BCUT2D eigenvalue weighted by molar-refractivity contribution is 7.80. The fourth-order valence-corrected chi connectivity index (χ4v) is 7.82. The number of aliphatic carboxylic acids is 1. The van der Waals surface area contributed by atoms with Crippen molar-refractivity contribution < 1.29 is 53.4 Å². The Morgan fingerprint density at radius 3 is 1.28 bits per heavy atom. The quantitative estimate of drug-likeness (QED) is 0.0128. The maximum atomic E-state index is 14.3. The molecule has 0 aromatic heterocycles. The van der Waals surface area contributed by atoms with E-state index in [1.54, 1.807) is 44.2 Å². The van der Waals surface area contributed by atoms with Crippen LogP contribution in [0.15, 0.2) is 45.3 Å². The number of carbonyl (C=O) groups is 9. The smallest absolute Gasteiger partial charge is 0.327 e. The monoisotopic (exact) mass is 1160 g/mol. The summed E-state index contributed by atoms with van der Waals surface area (Å²) in [6.07, 6.45) is -0.961. The number of guanidine groups is 3.